The molecule has 0 radical (unpaired) electrons. The predicted octanol–water partition coefficient (Wildman–Crippen LogP) is -3.70. The minimum absolute atomic E-state index is 0.0257. The molecule has 9 amide bonds. The van der Waals surface area contributed by atoms with Crippen molar-refractivity contribution in [2.24, 2.45) is 34.0 Å². The Morgan fingerprint density at radius 3 is 1.88 bits per heavy atom. The monoisotopic (exact) mass is 1020 g/mol. The smallest absolute Gasteiger partial charge is 0.305 e. The summed E-state index contributed by atoms with van der Waals surface area (Å²) in [5.41, 5.74) is 18.0. The third-order valence-corrected chi connectivity index (χ3v) is 11.1. The van der Waals surface area contributed by atoms with Crippen LogP contribution in [0, 0.1) is 11.8 Å². The number of H-pyrrole nitrogens is 2. The quantitative estimate of drug-likeness (QED) is 0.0174. The lowest BCUT2D eigenvalue weighted by Crippen LogP contribution is -2.60. The molecule has 0 aliphatic carbocycles. The highest BCUT2D eigenvalue weighted by Crippen LogP contribution is 2.20. The molecule has 27 heteroatoms. The lowest BCUT2D eigenvalue weighted by atomic mass is 10.0. The number of rotatable bonds is 30. The number of aliphatic hydroxyl groups excluding tert-OH is 1. The number of aliphatic imine (C=N–C) groups is 1. The Morgan fingerprint density at radius 2 is 1.30 bits per heavy atom. The number of aromatic nitrogens is 3. The van der Waals surface area contributed by atoms with Crippen LogP contribution in [0.2, 0.25) is 0 Å². The third kappa shape index (κ3) is 19.9. The largest absolute Gasteiger partial charge is 0.481 e. The maximum Gasteiger partial charge on any atom is 0.305 e. The zero-order chi connectivity index (χ0) is 54.5. The van der Waals surface area contributed by atoms with Crippen molar-refractivity contribution in [1.82, 2.24) is 57.5 Å². The van der Waals surface area contributed by atoms with Crippen LogP contribution in [0.5, 0.6) is 0 Å². The molecule has 3 aromatic rings. The number of carboxylic acid groups (broad SMARTS) is 1. The summed E-state index contributed by atoms with van der Waals surface area (Å²) in [5, 5.41) is 40.1. The average Bonchev–Trinajstić information content (AvgIpc) is 3.98. The van der Waals surface area contributed by atoms with Crippen molar-refractivity contribution >= 4 is 76.0 Å². The van der Waals surface area contributed by atoms with Crippen LogP contribution in [0.15, 0.2) is 48.0 Å². The van der Waals surface area contributed by atoms with E-state index in [0.717, 1.165) is 17.8 Å². The van der Waals surface area contributed by atoms with Crippen LogP contribution in [0.25, 0.3) is 10.9 Å². The van der Waals surface area contributed by atoms with Crippen LogP contribution >= 0.6 is 0 Å². The first-order chi connectivity index (χ1) is 34.4. The first kappa shape index (κ1) is 59.2. The van der Waals surface area contributed by atoms with Gasteiger partial charge in [-0.15, -0.1) is 0 Å². The van der Waals surface area contributed by atoms with Gasteiger partial charge in [-0.05, 0) is 49.7 Å². The minimum Gasteiger partial charge on any atom is -0.481 e. The Morgan fingerprint density at radius 1 is 0.699 bits per heavy atom. The number of carboxylic acids is 1. The normalized spacial score (nSPS) is 14.4. The fraction of sp³-hybridized carbons (Fsp3) is 0.522. The van der Waals surface area contributed by atoms with Gasteiger partial charge in [0.25, 0.3) is 0 Å². The Hall–Kier alpha value is -8.10. The molecule has 0 saturated heterocycles. The van der Waals surface area contributed by atoms with E-state index in [1.54, 1.807) is 52.1 Å². The van der Waals surface area contributed by atoms with Gasteiger partial charge < -0.3 is 79.9 Å². The zero-order valence-corrected chi connectivity index (χ0v) is 41.6. The van der Waals surface area contributed by atoms with Crippen molar-refractivity contribution in [1.29, 1.82) is 0 Å². The van der Waals surface area contributed by atoms with E-state index in [0.29, 0.717) is 11.3 Å². The number of nitrogens with one attached hydrogen (secondary N) is 10. The number of benzene rings is 1. The van der Waals surface area contributed by atoms with Gasteiger partial charge in [0.2, 0.25) is 53.2 Å². The van der Waals surface area contributed by atoms with E-state index < -0.39 is 120 Å². The summed E-state index contributed by atoms with van der Waals surface area (Å²) in [7, 11) is 0. The number of fused-ring (bicyclic) bond motifs is 1. The number of hydrogen-bond donors (Lipinski definition) is 15. The van der Waals surface area contributed by atoms with Crippen molar-refractivity contribution in [3.63, 3.8) is 0 Å². The molecular formula is C46H69N15O12. The zero-order valence-electron chi connectivity index (χ0n) is 41.6. The summed E-state index contributed by atoms with van der Waals surface area (Å²) in [6, 6.07) is -2.72. The Balaban J connectivity index is 1.91. The lowest BCUT2D eigenvalue weighted by Gasteiger charge is -2.27. The van der Waals surface area contributed by atoms with E-state index in [-0.39, 0.29) is 56.4 Å². The molecular weight excluding hydrogens is 955 g/mol. The number of imidazole rings is 1. The van der Waals surface area contributed by atoms with E-state index in [1.807, 2.05) is 6.07 Å². The SMILES string of the molecule is CC(=O)N[C@H](C(=O)N[C@@H](Cc1cnc[nH]1)C(=O)N[C@@H](Cc1c[nH]c2ccccc12)C(=O)N[C@@H](CCCN=C(N)N)C(=O)NCC(=O)N[C@@H](CC(C)C)C(=O)N[C@@H](CC(=O)O)C(=O)N[C@H](C(N)=O)[C@@H](C)O)C(C)C. The Labute approximate surface area is 420 Å². The van der Waals surface area contributed by atoms with Crippen LogP contribution in [0.3, 0.4) is 0 Å². The van der Waals surface area contributed by atoms with Gasteiger partial charge >= 0.3 is 5.97 Å². The molecule has 0 fully saturated rings. The van der Waals surface area contributed by atoms with E-state index in [9.17, 15) is 58.2 Å². The number of carbonyl (C=O) groups is 10. The second kappa shape index (κ2) is 28.7. The van der Waals surface area contributed by atoms with Crippen LogP contribution in [0.1, 0.15) is 78.5 Å². The summed E-state index contributed by atoms with van der Waals surface area (Å²) in [4.78, 5) is 146. The van der Waals surface area contributed by atoms with Crippen LogP contribution < -0.4 is 59.7 Å². The van der Waals surface area contributed by atoms with Gasteiger partial charge in [-0.2, -0.15) is 0 Å². The molecule has 8 atom stereocenters. The number of nitrogens with two attached hydrogens (primary N) is 3. The fourth-order valence-corrected chi connectivity index (χ4v) is 7.47. The van der Waals surface area contributed by atoms with Crippen LogP contribution in [0.4, 0.5) is 0 Å². The molecule has 73 heavy (non-hydrogen) atoms. The number of amides is 9. The second-order valence-electron chi connectivity index (χ2n) is 18.2. The molecule has 1 aromatic carbocycles. The molecule has 0 bridgehead atoms. The summed E-state index contributed by atoms with van der Waals surface area (Å²) < 4.78 is 0. The summed E-state index contributed by atoms with van der Waals surface area (Å²) in [5.74, 6) is -10.2. The van der Waals surface area contributed by atoms with E-state index in [1.165, 1.54) is 19.4 Å². The maximum absolute atomic E-state index is 14.5. The molecule has 0 unspecified atom stereocenters. The minimum atomic E-state index is -1.78. The highest BCUT2D eigenvalue weighted by atomic mass is 16.4. The topological polar surface area (TPSA) is 442 Å². The molecule has 3 rings (SSSR count). The Bertz CT molecular complexity index is 2430. The summed E-state index contributed by atoms with van der Waals surface area (Å²) >= 11 is 0. The summed E-state index contributed by atoms with van der Waals surface area (Å²) in [6.45, 7) is 8.53. The number of nitrogens with zero attached hydrogens (tertiary/aromatic N) is 2. The number of aliphatic hydroxyl groups is 1. The number of guanidine groups is 1. The third-order valence-electron chi connectivity index (χ3n) is 11.1. The number of para-hydroxylation sites is 1. The number of hydrogen-bond acceptors (Lipinski definition) is 13. The van der Waals surface area contributed by atoms with Gasteiger partial charge in [-0.3, -0.25) is 52.9 Å². The number of aromatic amines is 2. The molecule has 0 aliphatic heterocycles. The molecule has 0 aliphatic rings. The van der Waals surface area contributed by atoms with Gasteiger partial charge in [-0.25, -0.2) is 4.98 Å². The van der Waals surface area contributed by atoms with Gasteiger partial charge in [0.15, 0.2) is 5.96 Å². The number of carbonyl (C=O) groups excluding carboxylic acids is 9. The molecule has 400 valence electrons. The predicted molar refractivity (Wildman–Crippen MR) is 264 cm³/mol. The van der Waals surface area contributed by atoms with Crippen LogP contribution in [-0.2, 0) is 60.8 Å². The van der Waals surface area contributed by atoms with E-state index >= 15 is 0 Å². The van der Waals surface area contributed by atoms with Crippen molar-refractivity contribution in [3.8, 4) is 0 Å². The number of primary amides is 1. The second-order valence-corrected chi connectivity index (χ2v) is 18.2. The average molecular weight is 1020 g/mol. The van der Waals surface area contributed by atoms with Gasteiger partial charge in [0.05, 0.1) is 25.4 Å². The molecule has 27 nitrogen and oxygen atoms in total. The number of aliphatic carboxylic acids is 1. The van der Waals surface area contributed by atoms with Crippen molar-refractivity contribution < 1.29 is 58.2 Å². The van der Waals surface area contributed by atoms with Gasteiger partial charge in [0, 0.05) is 55.3 Å². The molecule has 2 aromatic heterocycles. The first-order valence-corrected chi connectivity index (χ1v) is 23.5. The molecule has 18 N–H and O–H groups in total. The van der Waals surface area contributed by atoms with Crippen molar-refractivity contribution in [3.05, 3.63) is 54.2 Å². The van der Waals surface area contributed by atoms with Gasteiger partial charge in [0.1, 0.15) is 42.3 Å². The highest BCUT2D eigenvalue weighted by molar-refractivity contribution is 5.98. The highest BCUT2D eigenvalue weighted by Gasteiger charge is 2.35. The van der Waals surface area contributed by atoms with Crippen LogP contribution in [-0.4, -0.2) is 152 Å². The van der Waals surface area contributed by atoms with Crippen molar-refractivity contribution in [2.75, 3.05) is 13.1 Å². The standard InChI is InChI=1S/C46H69N15O12/c1-22(2)14-31(41(69)59-34(17-36(65)66)44(72)61-38(24(5)62)39(47)67)56-35(64)20-53-40(68)30(12-9-13-51-46(48)49)57-42(70)32(15-26-18-52-29-11-8-7-10-28(26)29)58-43(71)33(16-27-19-50-21-54-27)60-45(73)37(23(3)4)55-25(6)63/h7-8,10-11,18-19,21-24,30-34,37-38,52,62H,9,12-17,20H2,1-6H3,(H2,47,67)(H,50,54)(H,53,68)(H,55,63)(H,56,64)(H,57,70)(H,58,71)(H,59,69)(H,60,73)(H,61,72)(H,65,66)(H4,48,49,51)/t24-,30+,31+,32+,33+,34+,37+,38+/m1/s1. The van der Waals surface area contributed by atoms with Crippen molar-refractivity contribution in [2.45, 2.75) is 128 Å². The molecule has 2 heterocycles. The summed E-state index contributed by atoms with van der Waals surface area (Å²) in [6.07, 6.45) is 1.83. The van der Waals surface area contributed by atoms with E-state index in [4.69, 9.17) is 17.2 Å². The fourth-order valence-electron chi connectivity index (χ4n) is 7.47. The maximum atomic E-state index is 14.5. The Kier molecular flexibility index (Phi) is 23.3. The van der Waals surface area contributed by atoms with E-state index in [2.05, 4.69) is 62.5 Å². The molecule has 0 spiro atoms. The van der Waals surface area contributed by atoms with Gasteiger partial charge in [-0.1, -0.05) is 45.9 Å². The lowest BCUT2D eigenvalue weighted by molar-refractivity contribution is -0.141. The first-order valence-electron chi connectivity index (χ1n) is 23.5. The molecule has 0 saturated carbocycles.